The summed E-state index contributed by atoms with van der Waals surface area (Å²) in [5.41, 5.74) is 2.22. The second-order valence-electron chi connectivity index (χ2n) is 5.57. The van der Waals surface area contributed by atoms with Gasteiger partial charge in [0, 0.05) is 32.4 Å². The van der Waals surface area contributed by atoms with Gasteiger partial charge in [-0.15, -0.1) is 0 Å². The second kappa shape index (κ2) is 6.14. The van der Waals surface area contributed by atoms with Crippen LogP contribution in [0.1, 0.15) is 37.8 Å². The molecule has 1 saturated heterocycles. The fourth-order valence-corrected chi connectivity index (χ4v) is 4.56. The van der Waals surface area contributed by atoms with E-state index < -0.39 is 10.0 Å². The molecule has 4 nitrogen and oxygen atoms in total. The molecule has 1 aromatic rings. The summed E-state index contributed by atoms with van der Waals surface area (Å²) in [4.78, 5) is 2.04. The molecule has 0 N–H and O–H groups in total. The highest BCUT2D eigenvalue weighted by molar-refractivity contribution is 7.89. The minimum absolute atomic E-state index is 0.00597. The number of hydrogen-bond acceptors (Lipinski definition) is 3. The van der Waals surface area contributed by atoms with E-state index in [4.69, 9.17) is 0 Å². The van der Waals surface area contributed by atoms with Crippen molar-refractivity contribution in [3.05, 3.63) is 29.8 Å². The lowest BCUT2D eigenvalue weighted by atomic mass is 10.0. The highest BCUT2D eigenvalue weighted by Gasteiger charge is 2.34. The molecule has 0 bridgehead atoms. The van der Waals surface area contributed by atoms with Gasteiger partial charge in [-0.05, 0) is 37.0 Å². The molecule has 0 radical (unpaired) electrons. The van der Waals surface area contributed by atoms with Crippen LogP contribution in [0.15, 0.2) is 24.3 Å². The highest BCUT2D eigenvalue weighted by atomic mass is 32.2. The van der Waals surface area contributed by atoms with Crippen LogP contribution in [0.3, 0.4) is 0 Å². The number of sulfonamides is 1. The first kappa shape index (κ1) is 15.3. The Balaban J connectivity index is 2.29. The molecule has 0 aliphatic carbocycles. The number of hydrogen-bond donors (Lipinski definition) is 0. The van der Waals surface area contributed by atoms with Crippen molar-refractivity contribution in [2.75, 3.05) is 31.3 Å². The largest absolute Gasteiger partial charge is 0.378 e. The summed E-state index contributed by atoms with van der Waals surface area (Å²) in [6, 6.07) is 8.20. The van der Waals surface area contributed by atoms with E-state index in [1.54, 1.807) is 4.31 Å². The predicted octanol–water partition coefficient (Wildman–Crippen LogP) is 2.63. The molecule has 1 fully saturated rings. The maximum atomic E-state index is 12.4. The van der Waals surface area contributed by atoms with Crippen LogP contribution in [-0.4, -0.2) is 39.1 Å². The maximum Gasteiger partial charge on any atom is 0.214 e. The Morgan fingerprint density at radius 3 is 2.75 bits per heavy atom. The van der Waals surface area contributed by atoms with Gasteiger partial charge in [0.1, 0.15) is 0 Å². The van der Waals surface area contributed by atoms with Crippen molar-refractivity contribution in [3.8, 4) is 0 Å². The van der Waals surface area contributed by atoms with Crippen LogP contribution < -0.4 is 4.90 Å². The summed E-state index contributed by atoms with van der Waals surface area (Å²) >= 11 is 0. The van der Waals surface area contributed by atoms with Gasteiger partial charge in [-0.25, -0.2) is 8.42 Å². The van der Waals surface area contributed by atoms with E-state index in [0.717, 1.165) is 24.1 Å². The number of nitrogens with zero attached hydrogens (tertiary/aromatic N) is 2. The van der Waals surface area contributed by atoms with Gasteiger partial charge < -0.3 is 4.90 Å². The topological polar surface area (TPSA) is 40.6 Å². The summed E-state index contributed by atoms with van der Waals surface area (Å²) < 4.78 is 26.4. The van der Waals surface area contributed by atoms with Gasteiger partial charge in [0.05, 0.1) is 5.75 Å². The van der Waals surface area contributed by atoms with Crippen molar-refractivity contribution in [1.29, 1.82) is 0 Å². The summed E-state index contributed by atoms with van der Waals surface area (Å²) in [5.74, 6) is 0.247. The van der Waals surface area contributed by atoms with Crippen molar-refractivity contribution in [2.45, 2.75) is 32.2 Å². The van der Waals surface area contributed by atoms with Crippen molar-refractivity contribution in [3.63, 3.8) is 0 Å². The Morgan fingerprint density at radius 2 is 2.10 bits per heavy atom. The van der Waals surface area contributed by atoms with Crippen LogP contribution in [0.2, 0.25) is 0 Å². The van der Waals surface area contributed by atoms with E-state index in [0.29, 0.717) is 13.0 Å². The molecule has 0 aromatic heterocycles. The molecule has 5 heteroatoms. The van der Waals surface area contributed by atoms with Crippen LogP contribution in [0.25, 0.3) is 0 Å². The van der Waals surface area contributed by atoms with Crippen LogP contribution in [0, 0.1) is 0 Å². The molecule has 1 aromatic carbocycles. The molecule has 1 unspecified atom stereocenters. The third kappa shape index (κ3) is 3.15. The number of rotatable bonds is 5. The molecule has 0 amide bonds. The first-order valence-corrected chi connectivity index (χ1v) is 8.83. The predicted molar refractivity (Wildman–Crippen MR) is 83.5 cm³/mol. The Hall–Kier alpha value is -1.07. The normalized spacial score (nSPS) is 20.2. The van der Waals surface area contributed by atoms with Crippen LogP contribution >= 0.6 is 0 Å². The Kier molecular flexibility index (Phi) is 4.70. The Morgan fingerprint density at radius 1 is 1.35 bits per heavy atom. The number of benzene rings is 1. The molecule has 1 atom stereocenters. The molecule has 20 heavy (non-hydrogen) atoms. The van der Waals surface area contributed by atoms with E-state index in [1.165, 1.54) is 0 Å². The lowest BCUT2D eigenvalue weighted by molar-refractivity contribution is 0.396. The lowest BCUT2D eigenvalue weighted by Crippen LogP contribution is -2.32. The van der Waals surface area contributed by atoms with Crippen LogP contribution in [-0.2, 0) is 10.0 Å². The van der Waals surface area contributed by atoms with Crippen molar-refractivity contribution in [2.24, 2.45) is 0 Å². The fourth-order valence-electron chi connectivity index (χ4n) is 2.79. The molecule has 1 aliphatic heterocycles. The fraction of sp³-hybridized carbons (Fsp3) is 0.600. The molecular formula is C15H24N2O2S. The van der Waals surface area contributed by atoms with E-state index in [9.17, 15) is 8.42 Å². The van der Waals surface area contributed by atoms with Crippen molar-refractivity contribution < 1.29 is 8.42 Å². The maximum absolute atomic E-state index is 12.4. The minimum atomic E-state index is -3.12. The van der Waals surface area contributed by atoms with Crippen LogP contribution in [0.4, 0.5) is 5.69 Å². The van der Waals surface area contributed by atoms with E-state index in [-0.39, 0.29) is 11.8 Å². The van der Waals surface area contributed by atoms with Gasteiger partial charge in [0.2, 0.25) is 10.0 Å². The van der Waals surface area contributed by atoms with E-state index in [2.05, 4.69) is 6.07 Å². The van der Waals surface area contributed by atoms with Crippen LogP contribution in [0.5, 0.6) is 0 Å². The summed E-state index contributed by atoms with van der Waals surface area (Å²) in [5, 5.41) is 0. The average molecular weight is 296 g/mol. The van der Waals surface area contributed by atoms with Gasteiger partial charge in [0.15, 0.2) is 0 Å². The smallest absolute Gasteiger partial charge is 0.214 e. The quantitative estimate of drug-likeness (QED) is 0.838. The zero-order valence-electron chi connectivity index (χ0n) is 12.5. The Labute approximate surface area is 122 Å². The summed E-state index contributed by atoms with van der Waals surface area (Å²) in [6.07, 6.45) is 2.53. The molecule has 1 heterocycles. The van der Waals surface area contributed by atoms with Crippen molar-refractivity contribution >= 4 is 15.7 Å². The monoisotopic (exact) mass is 296 g/mol. The van der Waals surface area contributed by atoms with Gasteiger partial charge in [0.25, 0.3) is 0 Å². The van der Waals surface area contributed by atoms with E-state index >= 15 is 0 Å². The van der Waals surface area contributed by atoms with Crippen molar-refractivity contribution in [1.82, 2.24) is 4.31 Å². The summed E-state index contributed by atoms with van der Waals surface area (Å²) in [6.45, 7) is 2.56. The zero-order chi connectivity index (χ0) is 14.8. The molecule has 112 valence electrons. The number of anilines is 1. The highest BCUT2D eigenvalue weighted by Crippen LogP contribution is 2.35. The Bertz CT molecular complexity index is 555. The first-order valence-electron chi connectivity index (χ1n) is 7.22. The summed E-state index contributed by atoms with van der Waals surface area (Å²) in [7, 11) is 0.878. The minimum Gasteiger partial charge on any atom is -0.378 e. The molecule has 0 spiro atoms. The van der Waals surface area contributed by atoms with Gasteiger partial charge in [-0.2, -0.15) is 4.31 Å². The first-order chi connectivity index (χ1) is 9.45. The molecule has 2 rings (SSSR count). The molecule has 1 aliphatic rings. The zero-order valence-corrected chi connectivity index (χ0v) is 13.4. The average Bonchev–Trinajstić information content (AvgIpc) is 2.89. The van der Waals surface area contributed by atoms with Gasteiger partial charge in [-0.3, -0.25) is 0 Å². The third-order valence-electron chi connectivity index (χ3n) is 3.79. The standard InChI is InChI=1S/C15H24N2O2S/c1-4-11-20(18,19)17-10-6-9-15(17)13-7-5-8-14(12-13)16(2)3/h5,7-8,12,15H,4,6,9-11H2,1-3H3. The van der Waals surface area contributed by atoms with Gasteiger partial charge in [-0.1, -0.05) is 19.1 Å². The second-order valence-corrected chi connectivity index (χ2v) is 7.62. The SMILES string of the molecule is CCCS(=O)(=O)N1CCCC1c1cccc(N(C)C)c1. The molecular weight excluding hydrogens is 272 g/mol. The molecule has 0 saturated carbocycles. The van der Waals surface area contributed by atoms with Gasteiger partial charge >= 0.3 is 0 Å². The third-order valence-corrected chi connectivity index (χ3v) is 5.87. The van der Waals surface area contributed by atoms with E-state index in [1.807, 2.05) is 44.1 Å². The lowest BCUT2D eigenvalue weighted by Gasteiger charge is -2.25.